The smallest absolute Gasteiger partial charge is 0.410 e. The number of carbonyl (C=O) groups is 2. The second-order valence-corrected chi connectivity index (χ2v) is 8.26. The highest BCUT2D eigenvalue weighted by molar-refractivity contribution is 5.94. The van der Waals surface area contributed by atoms with Crippen LogP contribution in [-0.2, 0) is 4.74 Å². The van der Waals surface area contributed by atoms with Gasteiger partial charge in [-0.1, -0.05) is 0 Å². The van der Waals surface area contributed by atoms with E-state index in [9.17, 15) is 9.59 Å². The van der Waals surface area contributed by atoms with E-state index in [2.05, 4.69) is 10.2 Å². The van der Waals surface area contributed by atoms with Gasteiger partial charge in [-0.2, -0.15) is 0 Å². The number of nitrogens with zero attached hydrogens (tertiary/aromatic N) is 2. The largest absolute Gasteiger partial charge is 0.491 e. The van der Waals surface area contributed by atoms with Crippen molar-refractivity contribution in [3.05, 3.63) is 29.8 Å². The van der Waals surface area contributed by atoms with Crippen LogP contribution in [0.5, 0.6) is 5.75 Å². The molecule has 7 heteroatoms. The second kappa shape index (κ2) is 9.78. The summed E-state index contributed by atoms with van der Waals surface area (Å²) in [4.78, 5) is 28.3. The molecule has 1 N–H and O–H groups in total. The van der Waals surface area contributed by atoms with Gasteiger partial charge < -0.3 is 19.7 Å². The zero-order valence-electron chi connectivity index (χ0n) is 17.7. The average Bonchev–Trinajstić information content (AvgIpc) is 2.61. The zero-order chi connectivity index (χ0) is 20.7. The maximum absolute atomic E-state index is 12.3. The van der Waals surface area contributed by atoms with Gasteiger partial charge in [-0.05, 0) is 58.9 Å². The van der Waals surface area contributed by atoms with E-state index in [0.717, 1.165) is 25.4 Å². The maximum Gasteiger partial charge on any atom is 0.410 e. The summed E-state index contributed by atoms with van der Waals surface area (Å²) >= 11 is 0. The van der Waals surface area contributed by atoms with Gasteiger partial charge in [-0.3, -0.25) is 9.69 Å². The maximum atomic E-state index is 12.3. The normalized spacial score (nSPS) is 15.4. The summed E-state index contributed by atoms with van der Waals surface area (Å²) in [5, 5.41) is 2.94. The van der Waals surface area contributed by atoms with Crippen molar-refractivity contribution in [1.82, 2.24) is 15.1 Å². The Kier molecular flexibility index (Phi) is 7.69. The molecule has 2 rings (SSSR count). The molecule has 0 bridgehead atoms. The first kappa shape index (κ1) is 22.0. The van der Waals surface area contributed by atoms with Gasteiger partial charge in [-0.25, -0.2) is 4.79 Å². The average molecular weight is 392 g/mol. The third kappa shape index (κ3) is 7.38. The Morgan fingerprint density at radius 3 is 2.21 bits per heavy atom. The molecule has 1 fully saturated rings. The van der Waals surface area contributed by atoms with Crippen LogP contribution in [-0.4, -0.2) is 72.8 Å². The first-order chi connectivity index (χ1) is 13.1. The van der Waals surface area contributed by atoms with Crippen molar-refractivity contribution in [2.24, 2.45) is 0 Å². The number of ether oxygens (including phenoxy) is 2. The van der Waals surface area contributed by atoms with E-state index >= 15 is 0 Å². The number of benzene rings is 1. The molecule has 2 amide bonds. The van der Waals surface area contributed by atoms with E-state index in [-0.39, 0.29) is 18.1 Å². The molecule has 1 aliphatic rings. The molecule has 156 valence electrons. The van der Waals surface area contributed by atoms with Gasteiger partial charge in [0, 0.05) is 44.8 Å². The molecule has 28 heavy (non-hydrogen) atoms. The standard InChI is InChI=1S/C21H33N3O4/c1-16(2)27-18-8-6-17(7-9-18)19(25)22-10-11-23-12-14-24(15-13-23)20(26)28-21(3,4)5/h6-9,16H,10-15H2,1-5H3,(H,22,25). The lowest BCUT2D eigenvalue weighted by molar-refractivity contribution is 0.0147. The van der Waals surface area contributed by atoms with Gasteiger partial charge in [0.2, 0.25) is 0 Å². The Balaban J connectivity index is 1.68. The van der Waals surface area contributed by atoms with E-state index in [4.69, 9.17) is 9.47 Å². The zero-order valence-corrected chi connectivity index (χ0v) is 17.7. The molecule has 0 aromatic heterocycles. The first-order valence-electron chi connectivity index (χ1n) is 9.89. The van der Waals surface area contributed by atoms with Crippen LogP contribution in [0.2, 0.25) is 0 Å². The predicted molar refractivity (Wildman–Crippen MR) is 109 cm³/mol. The van der Waals surface area contributed by atoms with Crippen molar-refractivity contribution in [1.29, 1.82) is 0 Å². The molecule has 1 aromatic rings. The highest BCUT2D eigenvalue weighted by atomic mass is 16.6. The number of amides is 2. The van der Waals surface area contributed by atoms with Crippen molar-refractivity contribution in [2.75, 3.05) is 39.3 Å². The number of nitrogens with one attached hydrogen (secondary N) is 1. The minimum atomic E-state index is -0.475. The Labute approximate surface area is 168 Å². The molecular weight excluding hydrogens is 358 g/mol. The Morgan fingerprint density at radius 1 is 1.07 bits per heavy atom. The van der Waals surface area contributed by atoms with E-state index in [1.165, 1.54) is 0 Å². The first-order valence-corrected chi connectivity index (χ1v) is 9.89. The number of hydrogen-bond donors (Lipinski definition) is 1. The van der Waals surface area contributed by atoms with Crippen LogP contribution in [0.3, 0.4) is 0 Å². The fraction of sp³-hybridized carbons (Fsp3) is 0.619. The monoisotopic (exact) mass is 391 g/mol. The Bertz CT molecular complexity index is 645. The van der Waals surface area contributed by atoms with Crippen LogP contribution in [0.1, 0.15) is 45.0 Å². The highest BCUT2D eigenvalue weighted by Crippen LogP contribution is 2.14. The van der Waals surface area contributed by atoms with Crippen LogP contribution in [0.25, 0.3) is 0 Å². The van der Waals surface area contributed by atoms with Crippen LogP contribution in [0.4, 0.5) is 4.79 Å². The van der Waals surface area contributed by atoms with Gasteiger partial charge in [0.15, 0.2) is 0 Å². The summed E-state index contributed by atoms with van der Waals surface area (Å²) in [6, 6.07) is 7.16. The van der Waals surface area contributed by atoms with Crippen molar-refractivity contribution in [3.63, 3.8) is 0 Å². The molecule has 0 aliphatic carbocycles. The van der Waals surface area contributed by atoms with E-state index in [1.807, 2.05) is 46.8 Å². The van der Waals surface area contributed by atoms with Gasteiger partial charge in [0.05, 0.1) is 6.10 Å². The number of carbonyl (C=O) groups excluding carboxylic acids is 2. The molecule has 1 saturated heterocycles. The summed E-state index contributed by atoms with van der Waals surface area (Å²) in [5.41, 5.74) is 0.142. The van der Waals surface area contributed by atoms with Crippen LogP contribution in [0, 0.1) is 0 Å². The highest BCUT2D eigenvalue weighted by Gasteiger charge is 2.25. The van der Waals surface area contributed by atoms with Crippen LogP contribution in [0.15, 0.2) is 24.3 Å². The molecule has 0 spiro atoms. The van der Waals surface area contributed by atoms with Crippen molar-refractivity contribution >= 4 is 12.0 Å². The fourth-order valence-corrected chi connectivity index (χ4v) is 2.87. The molecule has 0 saturated carbocycles. The van der Waals surface area contributed by atoms with Gasteiger partial charge in [-0.15, -0.1) is 0 Å². The molecule has 0 radical (unpaired) electrons. The third-order valence-electron chi connectivity index (χ3n) is 4.23. The minimum absolute atomic E-state index is 0.0940. The van der Waals surface area contributed by atoms with Crippen LogP contribution < -0.4 is 10.1 Å². The second-order valence-electron chi connectivity index (χ2n) is 8.26. The molecule has 7 nitrogen and oxygen atoms in total. The lowest BCUT2D eigenvalue weighted by Gasteiger charge is -2.35. The fourth-order valence-electron chi connectivity index (χ4n) is 2.87. The summed E-state index contributed by atoms with van der Waals surface area (Å²) < 4.78 is 11.0. The van der Waals surface area contributed by atoms with Gasteiger partial charge in [0.25, 0.3) is 5.91 Å². The number of rotatable bonds is 6. The lowest BCUT2D eigenvalue weighted by atomic mass is 10.2. The summed E-state index contributed by atoms with van der Waals surface area (Å²) in [7, 11) is 0. The molecule has 1 aliphatic heterocycles. The van der Waals surface area contributed by atoms with Crippen molar-refractivity contribution in [2.45, 2.75) is 46.3 Å². The topological polar surface area (TPSA) is 71.1 Å². The summed E-state index contributed by atoms with van der Waals surface area (Å²) in [6.45, 7) is 13.7. The van der Waals surface area contributed by atoms with Gasteiger partial charge in [0.1, 0.15) is 11.4 Å². The molecule has 1 aromatic carbocycles. The Morgan fingerprint density at radius 2 is 1.68 bits per heavy atom. The predicted octanol–water partition coefficient (Wildman–Crippen LogP) is 2.76. The third-order valence-corrected chi connectivity index (χ3v) is 4.23. The van der Waals surface area contributed by atoms with E-state index in [0.29, 0.717) is 25.2 Å². The number of hydrogen-bond acceptors (Lipinski definition) is 5. The number of piperazine rings is 1. The molecule has 1 heterocycles. The Hall–Kier alpha value is -2.28. The van der Waals surface area contributed by atoms with Crippen molar-refractivity contribution < 1.29 is 19.1 Å². The summed E-state index contributed by atoms with van der Waals surface area (Å²) in [6.07, 6.45) is -0.152. The lowest BCUT2D eigenvalue weighted by Crippen LogP contribution is -2.51. The van der Waals surface area contributed by atoms with Crippen molar-refractivity contribution in [3.8, 4) is 5.75 Å². The molecular formula is C21H33N3O4. The quantitative estimate of drug-likeness (QED) is 0.807. The van der Waals surface area contributed by atoms with E-state index < -0.39 is 5.60 Å². The summed E-state index contributed by atoms with van der Waals surface area (Å²) in [5.74, 6) is 0.665. The molecule has 0 atom stereocenters. The van der Waals surface area contributed by atoms with Gasteiger partial charge >= 0.3 is 6.09 Å². The van der Waals surface area contributed by atoms with E-state index in [1.54, 1.807) is 17.0 Å². The van der Waals surface area contributed by atoms with Crippen LogP contribution >= 0.6 is 0 Å². The SMILES string of the molecule is CC(C)Oc1ccc(C(=O)NCCN2CCN(C(=O)OC(C)(C)C)CC2)cc1. The molecule has 0 unspecified atom stereocenters. The minimum Gasteiger partial charge on any atom is -0.491 e.